The van der Waals surface area contributed by atoms with Gasteiger partial charge < -0.3 is 5.32 Å². The van der Waals surface area contributed by atoms with Crippen LogP contribution < -0.4 is 5.32 Å². The molecule has 3 heterocycles. The molecule has 3 nitrogen and oxygen atoms in total. The summed E-state index contributed by atoms with van der Waals surface area (Å²) in [7, 11) is 0. The monoisotopic (exact) mass is 319 g/mol. The van der Waals surface area contributed by atoms with Crippen molar-refractivity contribution in [1.29, 1.82) is 0 Å². The van der Waals surface area contributed by atoms with Crippen molar-refractivity contribution in [3.05, 3.63) is 77.3 Å². The van der Waals surface area contributed by atoms with Gasteiger partial charge in [-0.2, -0.15) is 0 Å². The van der Waals surface area contributed by atoms with Crippen LogP contribution in [0.3, 0.4) is 0 Å². The van der Waals surface area contributed by atoms with Gasteiger partial charge in [0.15, 0.2) is 0 Å². The standard InChI is InChI=1S/C19H17N3S/c1-14-7-9-15(10-8-14)13-20-19-18(16-5-4-12-23-16)21-17-6-2-3-11-22(17)19/h2-12,20H,13H2,1H3. The first-order valence-electron chi connectivity index (χ1n) is 7.61. The Morgan fingerprint density at radius 3 is 2.70 bits per heavy atom. The van der Waals surface area contributed by atoms with E-state index < -0.39 is 0 Å². The van der Waals surface area contributed by atoms with Gasteiger partial charge in [-0.3, -0.25) is 4.40 Å². The second kappa shape index (κ2) is 5.89. The molecule has 0 saturated carbocycles. The molecular weight excluding hydrogens is 302 g/mol. The average Bonchev–Trinajstić information content (AvgIpc) is 3.22. The topological polar surface area (TPSA) is 29.3 Å². The lowest BCUT2D eigenvalue weighted by Crippen LogP contribution is -2.03. The van der Waals surface area contributed by atoms with Gasteiger partial charge in [0.05, 0.1) is 4.88 Å². The van der Waals surface area contributed by atoms with Crippen LogP contribution in [0.5, 0.6) is 0 Å². The first kappa shape index (κ1) is 14.0. The second-order valence-corrected chi connectivity index (χ2v) is 6.50. The van der Waals surface area contributed by atoms with Crippen molar-refractivity contribution >= 4 is 22.8 Å². The van der Waals surface area contributed by atoms with Crippen molar-refractivity contribution in [2.75, 3.05) is 5.32 Å². The maximum atomic E-state index is 4.79. The number of hydrogen-bond acceptors (Lipinski definition) is 3. The van der Waals surface area contributed by atoms with E-state index in [0.717, 1.165) is 23.7 Å². The minimum Gasteiger partial charge on any atom is -0.365 e. The van der Waals surface area contributed by atoms with E-state index in [0.29, 0.717) is 0 Å². The molecule has 0 unspecified atom stereocenters. The zero-order chi connectivity index (χ0) is 15.6. The Labute approximate surface area is 139 Å². The lowest BCUT2D eigenvalue weighted by molar-refractivity contribution is 1.08. The van der Waals surface area contributed by atoms with Crippen LogP contribution in [-0.2, 0) is 6.54 Å². The number of nitrogens with one attached hydrogen (secondary N) is 1. The van der Waals surface area contributed by atoms with Crippen LogP contribution >= 0.6 is 11.3 Å². The van der Waals surface area contributed by atoms with Crippen molar-refractivity contribution in [2.24, 2.45) is 0 Å². The van der Waals surface area contributed by atoms with Gasteiger partial charge in [0.25, 0.3) is 0 Å². The molecule has 0 aliphatic carbocycles. The quantitative estimate of drug-likeness (QED) is 0.574. The van der Waals surface area contributed by atoms with E-state index in [9.17, 15) is 0 Å². The number of nitrogens with zero attached hydrogens (tertiary/aromatic N) is 2. The number of fused-ring (bicyclic) bond motifs is 1. The number of imidazole rings is 1. The van der Waals surface area contributed by atoms with Gasteiger partial charge in [-0.25, -0.2) is 4.98 Å². The van der Waals surface area contributed by atoms with Crippen LogP contribution in [0, 0.1) is 6.92 Å². The van der Waals surface area contributed by atoms with Crippen LogP contribution in [0.2, 0.25) is 0 Å². The van der Waals surface area contributed by atoms with E-state index >= 15 is 0 Å². The van der Waals surface area contributed by atoms with Crippen molar-refractivity contribution < 1.29 is 0 Å². The molecule has 0 atom stereocenters. The Bertz CT molecular complexity index is 921. The van der Waals surface area contributed by atoms with Gasteiger partial charge in [-0.1, -0.05) is 42.0 Å². The van der Waals surface area contributed by atoms with Gasteiger partial charge in [-0.15, -0.1) is 11.3 Å². The lowest BCUT2D eigenvalue weighted by Gasteiger charge is -2.08. The van der Waals surface area contributed by atoms with E-state index in [2.05, 4.69) is 64.6 Å². The highest BCUT2D eigenvalue weighted by atomic mass is 32.1. The number of aromatic nitrogens is 2. The smallest absolute Gasteiger partial charge is 0.139 e. The zero-order valence-electron chi connectivity index (χ0n) is 12.9. The molecule has 0 fully saturated rings. The minimum absolute atomic E-state index is 0.779. The number of benzene rings is 1. The molecule has 1 aromatic carbocycles. The van der Waals surface area contributed by atoms with E-state index in [1.807, 2.05) is 18.2 Å². The Morgan fingerprint density at radius 1 is 1.04 bits per heavy atom. The fraction of sp³-hybridized carbons (Fsp3) is 0.105. The molecule has 0 aliphatic heterocycles. The molecule has 1 N–H and O–H groups in total. The summed E-state index contributed by atoms with van der Waals surface area (Å²) in [5.41, 5.74) is 4.52. The van der Waals surface area contributed by atoms with Gasteiger partial charge in [-0.05, 0) is 36.1 Å². The molecular formula is C19H17N3S. The summed E-state index contributed by atoms with van der Waals surface area (Å²) < 4.78 is 2.11. The molecule has 114 valence electrons. The summed E-state index contributed by atoms with van der Waals surface area (Å²) >= 11 is 1.71. The maximum absolute atomic E-state index is 4.79. The van der Waals surface area contributed by atoms with Crippen LogP contribution in [-0.4, -0.2) is 9.38 Å². The number of hydrogen-bond donors (Lipinski definition) is 1. The number of pyridine rings is 1. The van der Waals surface area contributed by atoms with Gasteiger partial charge in [0, 0.05) is 12.7 Å². The fourth-order valence-corrected chi connectivity index (χ4v) is 3.36. The predicted molar refractivity (Wildman–Crippen MR) is 97.0 cm³/mol. The normalized spacial score (nSPS) is 11.0. The third kappa shape index (κ3) is 2.73. The lowest BCUT2D eigenvalue weighted by atomic mass is 10.1. The minimum atomic E-state index is 0.779. The molecule has 4 heteroatoms. The summed E-state index contributed by atoms with van der Waals surface area (Å²) in [6.07, 6.45) is 2.05. The number of thiophene rings is 1. The van der Waals surface area contributed by atoms with E-state index in [4.69, 9.17) is 4.98 Å². The number of anilines is 1. The molecule has 0 saturated heterocycles. The van der Waals surface area contributed by atoms with Crippen LogP contribution in [0.15, 0.2) is 66.2 Å². The molecule has 0 bridgehead atoms. The van der Waals surface area contributed by atoms with Crippen molar-refractivity contribution in [3.63, 3.8) is 0 Å². The zero-order valence-corrected chi connectivity index (χ0v) is 13.7. The second-order valence-electron chi connectivity index (χ2n) is 5.55. The van der Waals surface area contributed by atoms with Crippen molar-refractivity contribution in [2.45, 2.75) is 13.5 Å². The summed E-state index contributed by atoms with van der Waals surface area (Å²) in [6.45, 7) is 2.89. The summed E-state index contributed by atoms with van der Waals surface area (Å²) in [5, 5.41) is 5.65. The highest BCUT2D eigenvalue weighted by molar-refractivity contribution is 7.13. The molecule has 4 aromatic rings. The Hall–Kier alpha value is -2.59. The third-order valence-corrected chi connectivity index (χ3v) is 4.74. The molecule has 0 aliphatic rings. The maximum Gasteiger partial charge on any atom is 0.139 e. The summed E-state index contributed by atoms with van der Waals surface area (Å²) in [6, 6.07) is 18.9. The summed E-state index contributed by atoms with van der Waals surface area (Å²) in [5.74, 6) is 1.05. The molecule has 3 aromatic heterocycles. The largest absolute Gasteiger partial charge is 0.365 e. The molecule has 4 rings (SSSR count). The summed E-state index contributed by atoms with van der Waals surface area (Å²) in [4.78, 5) is 5.97. The molecule has 23 heavy (non-hydrogen) atoms. The van der Waals surface area contributed by atoms with E-state index in [1.54, 1.807) is 11.3 Å². The van der Waals surface area contributed by atoms with Gasteiger partial charge >= 0.3 is 0 Å². The van der Waals surface area contributed by atoms with Crippen molar-refractivity contribution in [3.8, 4) is 10.6 Å². The molecule has 0 radical (unpaired) electrons. The molecule has 0 amide bonds. The number of aryl methyl sites for hydroxylation is 1. The van der Waals surface area contributed by atoms with Crippen LogP contribution in [0.25, 0.3) is 16.2 Å². The third-order valence-electron chi connectivity index (χ3n) is 3.87. The van der Waals surface area contributed by atoms with Gasteiger partial charge in [0.1, 0.15) is 17.2 Å². The first-order valence-corrected chi connectivity index (χ1v) is 8.49. The highest BCUT2D eigenvalue weighted by Crippen LogP contribution is 2.32. The van der Waals surface area contributed by atoms with Crippen LogP contribution in [0.4, 0.5) is 5.82 Å². The van der Waals surface area contributed by atoms with Gasteiger partial charge in [0.2, 0.25) is 0 Å². The van der Waals surface area contributed by atoms with Crippen molar-refractivity contribution in [1.82, 2.24) is 9.38 Å². The Morgan fingerprint density at radius 2 is 1.91 bits per heavy atom. The molecule has 0 spiro atoms. The Balaban J connectivity index is 1.72. The van der Waals surface area contributed by atoms with E-state index in [1.165, 1.54) is 16.0 Å². The SMILES string of the molecule is Cc1ccc(CNc2c(-c3cccs3)nc3ccccn23)cc1. The predicted octanol–water partition coefficient (Wildman–Crippen LogP) is 4.98. The first-order chi connectivity index (χ1) is 11.3. The Kier molecular flexibility index (Phi) is 3.60. The fourth-order valence-electron chi connectivity index (χ4n) is 2.64. The van der Waals surface area contributed by atoms with E-state index in [-0.39, 0.29) is 0 Å². The number of rotatable bonds is 4. The average molecular weight is 319 g/mol. The van der Waals surface area contributed by atoms with Crippen LogP contribution in [0.1, 0.15) is 11.1 Å². The highest BCUT2D eigenvalue weighted by Gasteiger charge is 2.14.